The summed E-state index contributed by atoms with van der Waals surface area (Å²) in [4.78, 5) is 18.5. The average molecular weight is 427 g/mol. The van der Waals surface area contributed by atoms with Gasteiger partial charge >= 0.3 is 0 Å². The zero-order valence-electron chi connectivity index (χ0n) is 18.5. The molecule has 1 N–H and O–H groups in total. The molecule has 0 aliphatic heterocycles. The minimum Gasteiger partial charge on any atom is -0.504 e. The number of phenolic OH excluding ortho intramolecular Hbond substituents is 1. The molecule has 5 nitrogen and oxygen atoms in total. The maximum absolute atomic E-state index is 13.7. The second-order valence-corrected chi connectivity index (χ2v) is 7.49. The van der Waals surface area contributed by atoms with E-state index in [1.165, 1.54) is 7.11 Å². The van der Waals surface area contributed by atoms with E-state index < -0.39 is 0 Å². The van der Waals surface area contributed by atoms with Crippen molar-refractivity contribution >= 4 is 23.1 Å². The number of ether oxygens (including phenoxy) is 1. The molecular formula is C27H26N2O3. The Labute approximate surface area is 187 Å². The highest BCUT2D eigenvalue weighted by Gasteiger charge is 2.16. The van der Waals surface area contributed by atoms with Crippen LogP contribution in [0, 0.1) is 0 Å². The SMILES string of the molecule is CCc1cccc(CC)c1-n1c(/C=C/c2cccc(OC)c2O)nc2ccccc2c1=O. The van der Waals surface area contributed by atoms with Crippen LogP contribution in [0.2, 0.25) is 0 Å². The van der Waals surface area contributed by atoms with Gasteiger partial charge in [0.1, 0.15) is 5.82 Å². The largest absolute Gasteiger partial charge is 0.504 e. The Morgan fingerprint density at radius 1 is 0.938 bits per heavy atom. The number of hydrogen-bond acceptors (Lipinski definition) is 4. The van der Waals surface area contributed by atoms with E-state index in [1.54, 1.807) is 34.9 Å². The van der Waals surface area contributed by atoms with Gasteiger partial charge in [0, 0.05) is 5.56 Å². The summed E-state index contributed by atoms with van der Waals surface area (Å²) >= 11 is 0. The van der Waals surface area contributed by atoms with Crippen LogP contribution in [-0.2, 0) is 12.8 Å². The van der Waals surface area contributed by atoms with Gasteiger partial charge in [0.15, 0.2) is 11.5 Å². The molecule has 0 aliphatic rings. The molecule has 0 atom stereocenters. The van der Waals surface area contributed by atoms with E-state index in [0.29, 0.717) is 28.0 Å². The molecule has 1 heterocycles. The van der Waals surface area contributed by atoms with Crippen LogP contribution in [0.25, 0.3) is 28.7 Å². The highest BCUT2D eigenvalue weighted by molar-refractivity contribution is 5.81. The van der Waals surface area contributed by atoms with E-state index in [4.69, 9.17) is 9.72 Å². The molecule has 0 bridgehead atoms. The summed E-state index contributed by atoms with van der Waals surface area (Å²) in [6.45, 7) is 4.17. The monoisotopic (exact) mass is 426 g/mol. The van der Waals surface area contributed by atoms with Crippen LogP contribution in [0.3, 0.4) is 0 Å². The first-order valence-corrected chi connectivity index (χ1v) is 10.8. The van der Waals surface area contributed by atoms with Gasteiger partial charge in [0.05, 0.1) is 23.7 Å². The lowest BCUT2D eigenvalue weighted by atomic mass is 10.0. The molecule has 0 saturated carbocycles. The highest BCUT2D eigenvalue weighted by Crippen LogP contribution is 2.31. The lowest BCUT2D eigenvalue weighted by Gasteiger charge is -2.18. The molecule has 32 heavy (non-hydrogen) atoms. The molecule has 0 amide bonds. The number of rotatable bonds is 6. The zero-order chi connectivity index (χ0) is 22.7. The molecule has 3 aromatic carbocycles. The number of phenols is 1. The number of para-hydroxylation sites is 3. The standard InChI is InChI=1S/C27H26N2O3/c1-4-18-10-8-11-19(5-2)25(18)29-24(28-22-14-7-6-13-21(22)27(29)31)17-16-20-12-9-15-23(32-3)26(20)30/h6-17,30H,4-5H2,1-3H3/b17-16+. The van der Waals surface area contributed by atoms with Crippen molar-refractivity contribution in [2.24, 2.45) is 0 Å². The van der Waals surface area contributed by atoms with Crippen molar-refractivity contribution in [1.29, 1.82) is 0 Å². The van der Waals surface area contributed by atoms with Crippen LogP contribution in [-0.4, -0.2) is 21.8 Å². The zero-order valence-corrected chi connectivity index (χ0v) is 18.5. The first-order chi connectivity index (χ1) is 15.6. The molecule has 0 aliphatic carbocycles. The highest BCUT2D eigenvalue weighted by atomic mass is 16.5. The Kier molecular flexibility index (Phi) is 6.08. The minimum absolute atomic E-state index is 0.0455. The van der Waals surface area contributed by atoms with Gasteiger partial charge in [-0.1, -0.05) is 56.3 Å². The van der Waals surface area contributed by atoms with Crippen LogP contribution in [0.4, 0.5) is 0 Å². The van der Waals surface area contributed by atoms with Crippen LogP contribution >= 0.6 is 0 Å². The Morgan fingerprint density at radius 2 is 1.62 bits per heavy atom. The lowest BCUT2D eigenvalue weighted by molar-refractivity contribution is 0.373. The Morgan fingerprint density at radius 3 is 2.31 bits per heavy atom. The molecule has 4 aromatic rings. The molecule has 4 rings (SSSR count). The van der Waals surface area contributed by atoms with Gasteiger partial charge in [-0.05, 0) is 54.3 Å². The summed E-state index contributed by atoms with van der Waals surface area (Å²) in [5.74, 6) is 0.941. The second kappa shape index (κ2) is 9.10. The lowest BCUT2D eigenvalue weighted by Crippen LogP contribution is -2.24. The smallest absolute Gasteiger partial charge is 0.266 e. The van der Waals surface area contributed by atoms with Crippen molar-refractivity contribution in [2.45, 2.75) is 26.7 Å². The van der Waals surface area contributed by atoms with Crippen LogP contribution in [0.15, 0.2) is 65.5 Å². The van der Waals surface area contributed by atoms with E-state index in [9.17, 15) is 9.90 Å². The molecule has 5 heteroatoms. The summed E-state index contributed by atoms with van der Waals surface area (Å²) in [5.41, 5.74) is 4.16. The number of nitrogens with zero attached hydrogens (tertiary/aromatic N) is 2. The summed E-state index contributed by atoms with van der Waals surface area (Å²) in [6.07, 6.45) is 5.11. The first kappa shape index (κ1) is 21.4. The van der Waals surface area contributed by atoms with E-state index in [0.717, 1.165) is 29.7 Å². The molecule has 0 unspecified atom stereocenters. The van der Waals surface area contributed by atoms with Crippen LogP contribution in [0.5, 0.6) is 11.5 Å². The summed E-state index contributed by atoms with van der Waals surface area (Å²) in [6, 6.07) is 18.8. The quantitative estimate of drug-likeness (QED) is 0.449. The predicted octanol–water partition coefficient (Wildman–Crippen LogP) is 5.40. The van der Waals surface area contributed by atoms with Crippen LogP contribution < -0.4 is 10.3 Å². The third-order valence-electron chi connectivity index (χ3n) is 5.65. The van der Waals surface area contributed by atoms with E-state index in [2.05, 4.69) is 26.0 Å². The fraction of sp³-hybridized carbons (Fsp3) is 0.185. The normalized spacial score (nSPS) is 11.3. The van der Waals surface area contributed by atoms with Crippen molar-refractivity contribution in [3.05, 3.63) is 93.5 Å². The molecule has 0 fully saturated rings. The Bertz CT molecular complexity index is 1350. The number of methoxy groups -OCH3 is 1. The van der Waals surface area contributed by atoms with Crippen molar-refractivity contribution in [1.82, 2.24) is 9.55 Å². The molecule has 0 spiro atoms. The van der Waals surface area contributed by atoms with Crippen molar-refractivity contribution in [2.75, 3.05) is 7.11 Å². The van der Waals surface area contributed by atoms with Gasteiger partial charge < -0.3 is 9.84 Å². The molecule has 0 saturated heterocycles. The Hall–Kier alpha value is -3.86. The summed E-state index contributed by atoms with van der Waals surface area (Å²) in [5, 5.41) is 11.0. The molecule has 1 aromatic heterocycles. The number of hydrogen-bond donors (Lipinski definition) is 1. The van der Waals surface area contributed by atoms with Gasteiger partial charge in [-0.2, -0.15) is 0 Å². The van der Waals surface area contributed by atoms with E-state index in [1.807, 2.05) is 30.3 Å². The summed E-state index contributed by atoms with van der Waals surface area (Å²) < 4.78 is 6.92. The second-order valence-electron chi connectivity index (χ2n) is 7.49. The summed E-state index contributed by atoms with van der Waals surface area (Å²) in [7, 11) is 1.51. The van der Waals surface area contributed by atoms with Crippen molar-refractivity contribution in [3.63, 3.8) is 0 Å². The number of fused-ring (bicyclic) bond motifs is 1. The third kappa shape index (κ3) is 3.78. The molecule has 0 radical (unpaired) electrons. The topological polar surface area (TPSA) is 64.3 Å². The third-order valence-corrected chi connectivity index (χ3v) is 5.65. The van der Waals surface area contributed by atoms with Gasteiger partial charge in [-0.25, -0.2) is 4.98 Å². The van der Waals surface area contributed by atoms with E-state index >= 15 is 0 Å². The molecule has 162 valence electrons. The van der Waals surface area contributed by atoms with E-state index in [-0.39, 0.29) is 11.3 Å². The van der Waals surface area contributed by atoms with Gasteiger partial charge in [0.25, 0.3) is 5.56 Å². The van der Waals surface area contributed by atoms with Crippen LogP contribution in [0.1, 0.15) is 36.4 Å². The molecular weight excluding hydrogens is 400 g/mol. The maximum Gasteiger partial charge on any atom is 0.266 e. The number of benzene rings is 3. The fourth-order valence-corrected chi connectivity index (χ4v) is 3.98. The van der Waals surface area contributed by atoms with Gasteiger partial charge in [-0.15, -0.1) is 0 Å². The maximum atomic E-state index is 13.7. The Balaban J connectivity index is 2.01. The van der Waals surface area contributed by atoms with Gasteiger partial charge in [0.2, 0.25) is 0 Å². The minimum atomic E-state index is -0.110. The predicted molar refractivity (Wildman–Crippen MR) is 130 cm³/mol. The average Bonchev–Trinajstić information content (AvgIpc) is 2.83. The number of aryl methyl sites for hydroxylation is 2. The first-order valence-electron chi connectivity index (χ1n) is 10.8. The van der Waals surface area contributed by atoms with Gasteiger partial charge in [-0.3, -0.25) is 9.36 Å². The van der Waals surface area contributed by atoms with Crippen molar-refractivity contribution < 1.29 is 9.84 Å². The van der Waals surface area contributed by atoms with Crippen molar-refractivity contribution in [3.8, 4) is 17.2 Å². The number of aromatic hydroxyl groups is 1. The number of aromatic nitrogens is 2. The fourth-order valence-electron chi connectivity index (χ4n) is 3.98.